The van der Waals surface area contributed by atoms with E-state index in [1.54, 1.807) is 7.11 Å². The third kappa shape index (κ3) is 4.32. The van der Waals surface area contributed by atoms with Crippen LogP contribution in [0.25, 0.3) is 0 Å². The predicted octanol–water partition coefficient (Wildman–Crippen LogP) is 2.20. The molecule has 7 heteroatoms. The van der Waals surface area contributed by atoms with Gasteiger partial charge in [0, 0.05) is 18.7 Å². The number of rotatable bonds is 5. The Morgan fingerprint density at radius 2 is 1.84 bits per heavy atom. The fourth-order valence-electron chi connectivity index (χ4n) is 2.81. The number of nitrogens with one attached hydrogen (secondary N) is 3. The lowest BCUT2D eigenvalue weighted by molar-refractivity contribution is -0.123. The monoisotopic (exact) mass is 347 g/mol. The zero-order valence-corrected chi connectivity index (χ0v) is 13.7. The Morgan fingerprint density at radius 1 is 1.16 bits per heavy atom. The Hall–Kier alpha value is -2.51. The molecule has 0 radical (unpaired) electrons. The van der Waals surface area contributed by atoms with Crippen LogP contribution >= 0.6 is 0 Å². The molecule has 1 heterocycles. The quantitative estimate of drug-likeness (QED) is 0.776. The maximum Gasteiger partial charge on any atom is 0.238 e. The van der Waals surface area contributed by atoms with Crippen molar-refractivity contribution in [3.63, 3.8) is 0 Å². The van der Waals surface area contributed by atoms with E-state index in [0.29, 0.717) is 12.0 Å². The molecule has 0 bridgehead atoms. The summed E-state index contributed by atoms with van der Waals surface area (Å²) in [4.78, 5) is 12.2. The molecule has 0 aromatic heterocycles. The summed E-state index contributed by atoms with van der Waals surface area (Å²) < 4.78 is 31.5. The van der Waals surface area contributed by atoms with E-state index in [0.717, 1.165) is 17.4 Å². The second-order valence-corrected chi connectivity index (χ2v) is 5.90. The molecule has 25 heavy (non-hydrogen) atoms. The summed E-state index contributed by atoms with van der Waals surface area (Å²) in [6.07, 6.45) is 0.565. The zero-order chi connectivity index (χ0) is 17.8. The second kappa shape index (κ2) is 7.58. The molecule has 132 valence electrons. The first-order valence-corrected chi connectivity index (χ1v) is 7.93. The summed E-state index contributed by atoms with van der Waals surface area (Å²) in [5.74, 6) is -0.784. The summed E-state index contributed by atoms with van der Waals surface area (Å²) in [6, 6.07) is 10.4. The SMILES string of the molecule is COc1ccc(C2CC(C(=O)NCc3cc(F)cc(F)c3)NN2)cc1. The average Bonchev–Trinajstić information content (AvgIpc) is 3.09. The Bertz CT molecular complexity index is 732. The van der Waals surface area contributed by atoms with Gasteiger partial charge in [0.2, 0.25) is 5.91 Å². The molecular formula is C18H19F2N3O2. The van der Waals surface area contributed by atoms with Crippen LogP contribution < -0.4 is 20.9 Å². The molecule has 0 saturated carbocycles. The molecule has 1 aliphatic rings. The van der Waals surface area contributed by atoms with Crippen LogP contribution in [0.15, 0.2) is 42.5 Å². The van der Waals surface area contributed by atoms with Crippen LogP contribution in [0.2, 0.25) is 0 Å². The number of hydrogen-bond donors (Lipinski definition) is 3. The smallest absolute Gasteiger partial charge is 0.238 e. The molecule has 0 spiro atoms. The fourth-order valence-corrected chi connectivity index (χ4v) is 2.81. The number of hydrogen-bond acceptors (Lipinski definition) is 4. The zero-order valence-electron chi connectivity index (χ0n) is 13.7. The van der Waals surface area contributed by atoms with Crippen LogP contribution in [0.5, 0.6) is 5.75 Å². The van der Waals surface area contributed by atoms with Gasteiger partial charge in [0.15, 0.2) is 0 Å². The van der Waals surface area contributed by atoms with E-state index in [9.17, 15) is 13.6 Å². The van der Waals surface area contributed by atoms with Crippen LogP contribution in [-0.4, -0.2) is 19.1 Å². The molecule has 2 aromatic carbocycles. The van der Waals surface area contributed by atoms with Crippen molar-refractivity contribution in [1.82, 2.24) is 16.2 Å². The third-order valence-electron chi connectivity index (χ3n) is 4.13. The minimum Gasteiger partial charge on any atom is -0.497 e. The van der Waals surface area contributed by atoms with Crippen LogP contribution in [0.3, 0.4) is 0 Å². The number of benzene rings is 2. The van der Waals surface area contributed by atoms with Crippen molar-refractivity contribution < 1.29 is 18.3 Å². The number of amides is 1. The highest BCUT2D eigenvalue weighted by molar-refractivity contribution is 5.82. The molecule has 1 amide bonds. The van der Waals surface area contributed by atoms with E-state index < -0.39 is 17.7 Å². The largest absolute Gasteiger partial charge is 0.497 e. The topological polar surface area (TPSA) is 62.4 Å². The van der Waals surface area contributed by atoms with Crippen LogP contribution in [0.1, 0.15) is 23.6 Å². The van der Waals surface area contributed by atoms with Gasteiger partial charge in [0.25, 0.3) is 0 Å². The predicted molar refractivity (Wildman–Crippen MR) is 88.6 cm³/mol. The molecule has 2 aromatic rings. The Kier molecular flexibility index (Phi) is 5.25. The number of hydrazine groups is 1. The summed E-state index contributed by atoms with van der Waals surface area (Å²) in [7, 11) is 1.61. The van der Waals surface area contributed by atoms with Crippen molar-refractivity contribution in [2.75, 3.05) is 7.11 Å². The Balaban J connectivity index is 1.55. The normalized spacial score (nSPS) is 19.6. The Morgan fingerprint density at radius 3 is 2.48 bits per heavy atom. The minimum absolute atomic E-state index is 0.00623. The molecule has 1 saturated heterocycles. The van der Waals surface area contributed by atoms with E-state index in [-0.39, 0.29) is 18.5 Å². The van der Waals surface area contributed by atoms with Gasteiger partial charge in [-0.3, -0.25) is 4.79 Å². The number of methoxy groups -OCH3 is 1. The number of ether oxygens (including phenoxy) is 1. The lowest BCUT2D eigenvalue weighted by Crippen LogP contribution is -2.42. The van der Waals surface area contributed by atoms with Gasteiger partial charge in [-0.2, -0.15) is 0 Å². The molecule has 0 aliphatic carbocycles. The second-order valence-electron chi connectivity index (χ2n) is 5.90. The number of carbonyl (C=O) groups excluding carboxylic acids is 1. The Labute approximate surface area is 144 Å². The third-order valence-corrected chi connectivity index (χ3v) is 4.13. The molecular weight excluding hydrogens is 328 g/mol. The molecule has 3 rings (SSSR count). The van der Waals surface area contributed by atoms with Gasteiger partial charge < -0.3 is 10.1 Å². The van der Waals surface area contributed by atoms with Crippen molar-refractivity contribution >= 4 is 5.91 Å². The standard InChI is InChI=1S/C18H19F2N3O2/c1-25-15-4-2-12(3-5-15)16-9-17(23-22-16)18(24)21-10-11-6-13(19)8-14(20)7-11/h2-8,16-17,22-23H,9-10H2,1H3,(H,21,24). The molecule has 5 nitrogen and oxygen atoms in total. The highest BCUT2D eigenvalue weighted by Gasteiger charge is 2.29. The van der Waals surface area contributed by atoms with Crippen LogP contribution in [0.4, 0.5) is 8.78 Å². The van der Waals surface area contributed by atoms with Gasteiger partial charge in [0.05, 0.1) is 7.11 Å². The van der Waals surface area contributed by atoms with E-state index in [1.165, 1.54) is 12.1 Å². The summed E-state index contributed by atoms with van der Waals surface area (Å²) >= 11 is 0. The highest BCUT2D eigenvalue weighted by atomic mass is 19.1. The minimum atomic E-state index is -0.663. The lowest BCUT2D eigenvalue weighted by Gasteiger charge is -2.11. The first kappa shape index (κ1) is 17.3. The number of carbonyl (C=O) groups is 1. The number of halogens is 2. The van der Waals surface area contributed by atoms with Gasteiger partial charge in [-0.1, -0.05) is 12.1 Å². The van der Waals surface area contributed by atoms with Crippen LogP contribution in [-0.2, 0) is 11.3 Å². The van der Waals surface area contributed by atoms with Crippen molar-refractivity contribution in [1.29, 1.82) is 0 Å². The van der Waals surface area contributed by atoms with Gasteiger partial charge >= 0.3 is 0 Å². The van der Waals surface area contributed by atoms with Crippen molar-refractivity contribution in [2.45, 2.75) is 25.0 Å². The van der Waals surface area contributed by atoms with Gasteiger partial charge in [-0.15, -0.1) is 0 Å². The van der Waals surface area contributed by atoms with Gasteiger partial charge in [-0.05, 0) is 41.8 Å². The van der Waals surface area contributed by atoms with Crippen molar-refractivity contribution in [3.8, 4) is 5.75 Å². The first-order valence-electron chi connectivity index (χ1n) is 7.93. The summed E-state index contributed by atoms with van der Waals surface area (Å²) in [5, 5.41) is 2.69. The van der Waals surface area contributed by atoms with Crippen molar-refractivity contribution in [2.24, 2.45) is 0 Å². The maximum atomic E-state index is 13.2. The van der Waals surface area contributed by atoms with E-state index in [2.05, 4.69) is 16.2 Å². The highest BCUT2D eigenvalue weighted by Crippen LogP contribution is 2.24. The molecule has 2 atom stereocenters. The van der Waals surface area contributed by atoms with E-state index in [4.69, 9.17) is 4.74 Å². The van der Waals surface area contributed by atoms with Gasteiger partial charge in [-0.25, -0.2) is 19.6 Å². The summed E-state index contributed by atoms with van der Waals surface area (Å²) in [5.41, 5.74) is 7.45. The fraction of sp³-hybridized carbons (Fsp3) is 0.278. The maximum absolute atomic E-state index is 13.2. The van der Waals surface area contributed by atoms with Crippen molar-refractivity contribution in [3.05, 3.63) is 65.2 Å². The summed E-state index contributed by atoms with van der Waals surface area (Å²) in [6.45, 7) is 0.0683. The average molecular weight is 347 g/mol. The van der Waals surface area contributed by atoms with Crippen LogP contribution in [0, 0.1) is 11.6 Å². The van der Waals surface area contributed by atoms with E-state index >= 15 is 0 Å². The molecule has 1 aliphatic heterocycles. The molecule has 1 fully saturated rings. The molecule has 2 unspecified atom stereocenters. The molecule has 3 N–H and O–H groups in total. The first-order chi connectivity index (χ1) is 12.0. The lowest BCUT2D eigenvalue weighted by atomic mass is 10.0. The van der Waals surface area contributed by atoms with E-state index in [1.807, 2.05) is 24.3 Å². The van der Waals surface area contributed by atoms with Gasteiger partial charge in [0.1, 0.15) is 23.4 Å².